The molecule has 0 saturated heterocycles. The first-order valence-corrected chi connectivity index (χ1v) is 8.94. The molecule has 0 saturated carbocycles. The van der Waals surface area contributed by atoms with Crippen molar-refractivity contribution in [3.8, 4) is 5.75 Å². The van der Waals surface area contributed by atoms with Gasteiger partial charge < -0.3 is 10.1 Å². The van der Waals surface area contributed by atoms with Gasteiger partial charge >= 0.3 is 0 Å². The van der Waals surface area contributed by atoms with Crippen LogP contribution in [0.1, 0.15) is 31.0 Å². The Balaban J connectivity index is 2.36. The smallest absolute Gasteiger partial charge is 0.133 e. The van der Waals surface area contributed by atoms with Crippen molar-refractivity contribution in [1.82, 2.24) is 5.32 Å². The lowest BCUT2D eigenvalue weighted by Gasteiger charge is -2.20. The molecule has 0 bridgehead atoms. The number of ether oxygens (including phenoxy) is 1. The molecule has 0 radical (unpaired) electrons. The van der Waals surface area contributed by atoms with Crippen molar-refractivity contribution in [3.05, 3.63) is 61.6 Å². The van der Waals surface area contributed by atoms with E-state index in [4.69, 9.17) is 4.74 Å². The molecule has 2 nitrogen and oxygen atoms in total. The van der Waals surface area contributed by atoms with E-state index in [-0.39, 0.29) is 6.04 Å². The lowest BCUT2D eigenvalue weighted by Crippen LogP contribution is -2.22. The van der Waals surface area contributed by atoms with Gasteiger partial charge in [-0.05, 0) is 87.4 Å². The zero-order valence-corrected chi connectivity index (χ0v) is 15.9. The molecule has 0 heterocycles. The van der Waals surface area contributed by atoms with Crippen LogP contribution in [0.4, 0.5) is 0 Å². The third-order valence-electron chi connectivity index (χ3n) is 3.18. The van der Waals surface area contributed by atoms with Crippen molar-refractivity contribution >= 4 is 38.5 Å². The van der Waals surface area contributed by atoms with Crippen LogP contribution in [0.3, 0.4) is 0 Å². The number of hydrogen-bond acceptors (Lipinski definition) is 2. The normalized spacial score (nSPS) is 12.2. The number of benzene rings is 2. The molecule has 0 aliphatic heterocycles. The van der Waals surface area contributed by atoms with Crippen LogP contribution >= 0.6 is 38.5 Å². The van der Waals surface area contributed by atoms with Crippen LogP contribution in [-0.2, 0) is 0 Å². The minimum Gasteiger partial charge on any atom is -0.493 e. The second-order valence-electron chi connectivity index (χ2n) is 4.67. The Labute approximate surface area is 148 Å². The molecule has 2 rings (SSSR count). The van der Waals surface area contributed by atoms with E-state index in [9.17, 15) is 0 Å². The SMILES string of the molecule is CCNC(c1cccc(I)c1)c1ccc(OCC)c(Br)c1. The van der Waals surface area contributed by atoms with Crippen LogP contribution in [0.5, 0.6) is 5.75 Å². The Morgan fingerprint density at radius 2 is 1.90 bits per heavy atom. The summed E-state index contributed by atoms with van der Waals surface area (Å²) in [6, 6.07) is 15.1. The van der Waals surface area contributed by atoms with Crippen LogP contribution in [0.15, 0.2) is 46.9 Å². The maximum absolute atomic E-state index is 5.59. The van der Waals surface area contributed by atoms with E-state index >= 15 is 0 Å². The number of hydrogen-bond donors (Lipinski definition) is 1. The van der Waals surface area contributed by atoms with Gasteiger partial charge in [-0.3, -0.25) is 0 Å². The summed E-state index contributed by atoms with van der Waals surface area (Å²) in [5, 5.41) is 3.56. The molecular weight excluding hydrogens is 441 g/mol. The first-order valence-electron chi connectivity index (χ1n) is 7.06. The number of nitrogens with one attached hydrogen (secondary N) is 1. The van der Waals surface area contributed by atoms with Crippen molar-refractivity contribution in [2.45, 2.75) is 19.9 Å². The molecule has 0 aliphatic carbocycles. The fraction of sp³-hybridized carbons (Fsp3) is 0.294. The highest BCUT2D eigenvalue weighted by molar-refractivity contribution is 14.1. The van der Waals surface area contributed by atoms with Gasteiger partial charge in [0.1, 0.15) is 5.75 Å². The molecule has 0 fully saturated rings. The molecule has 1 N–H and O–H groups in total. The van der Waals surface area contributed by atoms with Crippen molar-refractivity contribution in [3.63, 3.8) is 0 Å². The largest absolute Gasteiger partial charge is 0.493 e. The van der Waals surface area contributed by atoms with Gasteiger partial charge in [0.15, 0.2) is 0 Å². The van der Waals surface area contributed by atoms with Gasteiger partial charge in [-0.1, -0.05) is 25.1 Å². The van der Waals surface area contributed by atoms with Gasteiger partial charge in [0.05, 0.1) is 17.1 Å². The summed E-state index contributed by atoms with van der Waals surface area (Å²) in [5.41, 5.74) is 2.51. The van der Waals surface area contributed by atoms with Crippen LogP contribution in [0, 0.1) is 3.57 Å². The Morgan fingerprint density at radius 3 is 2.52 bits per heavy atom. The van der Waals surface area contributed by atoms with Crippen molar-refractivity contribution in [2.75, 3.05) is 13.2 Å². The van der Waals surface area contributed by atoms with Crippen LogP contribution < -0.4 is 10.1 Å². The van der Waals surface area contributed by atoms with Crippen molar-refractivity contribution in [1.29, 1.82) is 0 Å². The second-order valence-corrected chi connectivity index (χ2v) is 6.77. The molecule has 0 aliphatic rings. The van der Waals surface area contributed by atoms with E-state index in [0.717, 1.165) is 16.8 Å². The molecule has 1 unspecified atom stereocenters. The molecular formula is C17H19BrINO. The van der Waals surface area contributed by atoms with Crippen molar-refractivity contribution in [2.24, 2.45) is 0 Å². The summed E-state index contributed by atoms with van der Waals surface area (Å²) < 4.78 is 7.83. The summed E-state index contributed by atoms with van der Waals surface area (Å²) >= 11 is 5.95. The Hall–Kier alpha value is -0.590. The monoisotopic (exact) mass is 459 g/mol. The Bertz CT molecular complexity index is 603. The summed E-state index contributed by atoms with van der Waals surface area (Å²) in [5.74, 6) is 0.888. The quantitative estimate of drug-likeness (QED) is 0.603. The minimum atomic E-state index is 0.191. The molecule has 0 amide bonds. The molecule has 21 heavy (non-hydrogen) atoms. The Kier molecular flexibility index (Phi) is 6.51. The van der Waals surface area contributed by atoms with Gasteiger partial charge in [-0.15, -0.1) is 0 Å². The van der Waals surface area contributed by atoms with E-state index in [1.165, 1.54) is 14.7 Å². The first-order chi connectivity index (χ1) is 10.2. The average molecular weight is 460 g/mol. The third-order valence-corrected chi connectivity index (χ3v) is 4.47. The second kappa shape index (κ2) is 8.15. The minimum absolute atomic E-state index is 0.191. The fourth-order valence-corrected chi connectivity index (χ4v) is 3.37. The average Bonchev–Trinajstić information content (AvgIpc) is 2.47. The maximum atomic E-state index is 5.59. The van der Waals surface area contributed by atoms with E-state index in [1.54, 1.807) is 0 Å². The number of rotatable bonds is 6. The highest BCUT2D eigenvalue weighted by Gasteiger charge is 2.15. The molecule has 112 valence electrons. The molecule has 2 aromatic carbocycles. The van der Waals surface area contributed by atoms with Crippen LogP contribution in [0.25, 0.3) is 0 Å². The topological polar surface area (TPSA) is 21.3 Å². The third kappa shape index (κ3) is 4.44. The summed E-state index contributed by atoms with van der Waals surface area (Å²) in [6.07, 6.45) is 0. The summed E-state index contributed by atoms with van der Waals surface area (Å²) in [4.78, 5) is 0. The molecule has 0 spiro atoms. The first kappa shape index (κ1) is 16.8. The maximum Gasteiger partial charge on any atom is 0.133 e. The molecule has 2 aromatic rings. The van der Waals surface area contributed by atoms with E-state index < -0.39 is 0 Å². The lowest BCUT2D eigenvalue weighted by atomic mass is 9.98. The van der Waals surface area contributed by atoms with Gasteiger partial charge in [0.2, 0.25) is 0 Å². The lowest BCUT2D eigenvalue weighted by molar-refractivity contribution is 0.338. The standard InChI is InChI=1S/C17H19BrINO/c1-3-20-17(12-6-5-7-14(19)10-12)13-8-9-16(21-4-2)15(18)11-13/h5-11,17,20H,3-4H2,1-2H3. The molecule has 0 aromatic heterocycles. The van der Waals surface area contributed by atoms with Gasteiger partial charge in [-0.2, -0.15) is 0 Å². The highest BCUT2D eigenvalue weighted by atomic mass is 127. The van der Waals surface area contributed by atoms with Crippen molar-refractivity contribution < 1.29 is 4.74 Å². The summed E-state index contributed by atoms with van der Waals surface area (Å²) in [7, 11) is 0. The zero-order valence-electron chi connectivity index (χ0n) is 12.2. The zero-order chi connectivity index (χ0) is 15.2. The summed E-state index contributed by atoms with van der Waals surface area (Å²) in [6.45, 7) is 5.71. The van der Waals surface area contributed by atoms with Gasteiger partial charge in [0.25, 0.3) is 0 Å². The predicted octanol–water partition coefficient (Wildman–Crippen LogP) is 5.15. The predicted molar refractivity (Wildman–Crippen MR) is 100.0 cm³/mol. The molecule has 1 atom stereocenters. The number of halogens is 2. The van der Waals surface area contributed by atoms with Crippen LogP contribution in [0.2, 0.25) is 0 Å². The highest BCUT2D eigenvalue weighted by Crippen LogP contribution is 2.31. The Morgan fingerprint density at radius 1 is 1.14 bits per heavy atom. The molecule has 4 heteroatoms. The van der Waals surface area contributed by atoms with Gasteiger partial charge in [0, 0.05) is 3.57 Å². The van der Waals surface area contributed by atoms with Crippen LogP contribution in [-0.4, -0.2) is 13.2 Å². The van der Waals surface area contributed by atoms with E-state index in [1.807, 2.05) is 13.0 Å². The van der Waals surface area contributed by atoms with Gasteiger partial charge in [-0.25, -0.2) is 0 Å². The van der Waals surface area contributed by atoms with E-state index in [2.05, 4.69) is 87.2 Å². The fourth-order valence-electron chi connectivity index (χ4n) is 2.29. The van der Waals surface area contributed by atoms with E-state index in [0.29, 0.717) is 6.61 Å².